The van der Waals surface area contributed by atoms with Crippen molar-refractivity contribution in [2.45, 2.75) is 17.1 Å². The molecular formula is C19H17BrF3N3O4S. The molecule has 1 fully saturated rings. The fourth-order valence-electron chi connectivity index (χ4n) is 3.92. The Morgan fingerprint density at radius 3 is 2.48 bits per heavy atom. The van der Waals surface area contributed by atoms with Gasteiger partial charge in [0.25, 0.3) is 10.0 Å². The number of sulfonamides is 1. The van der Waals surface area contributed by atoms with E-state index in [-0.39, 0.29) is 19.6 Å². The quantitative estimate of drug-likeness (QED) is 0.651. The van der Waals surface area contributed by atoms with Crippen LogP contribution in [0, 0.1) is 0 Å². The third-order valence-corrected chi connectivity index (χ3v) is 7.66. The van der Waals surface area contributed by atoms with Crippen LogP contribution in [-0.2, 0) is 16.2 Å². The van der Waals surface area contributed by atoms with Crippen LogP contribution in [-0.4, -0.2) is 56.7 Å². The van der Waals surface area contributed by atoms with E-state index in [1.807, 2.05) is 4.90 Å². The Kier molecular flexibility index (Phi) is 5.32. The Morgan fingerprint density at radius 2 is 1.81 bits per heavy atom. The van der Waals surface area contributed by atoms with Crippen molar-refractivity contribution in [2.75, 3.05) is 35.4 Å². The van der Waals surface area contributed by atoms with Crippen molar-refractivity contribution in [1.82, 2.24) is 4.90 Å². The molecule has 1 atom stereocenters. The van der Waals surface area contributed by atoms with E-state index in [0.717, 1.165) is 22.5 Å². The predicted molar refractivity (Wildman–Crippen MR) is 111 cm³/mol. The summed E-state index contributed by atoms with van der Waals surface area (Å²) in [6.07, 6.45) is -5.79. The number of halogens is 4. The van der Waals surface area contributed by atoms with Crippen molar-refractivity contribution in [2.24, 2.45) is 0 Å². The van der Waals surface area contributed by atoms with Gasteiger partial charge in [0.2, 0.25) is 0 Å². The number of benzene rings is 2. The Labute approximate surface area is 184 Å². The van der Waals surface area contributed by atoms with Gasteiger partial charge in [-0.25, -0.2) is 13.2 Å². The number of fused-ring (bicyclic) bond motifs is 3. The second-order valence-corrected chi connectivity index (χ2v) is 10.0. The topological polar surface area (TPSA) is 81.2 Å². The number of piperazine rings is 1. The summed E-state index contributed by atoms with van der Waals surface area (Å²) in [5, 5.41) is 9.33. The van der Waals surface area contributed by atoms with Crippen molar-refractivity contribution in [3.8, 4) is 0 Å². The van der Waals surface area contributed by atoms with Crippen LogP contribution in [0.15, 0.2) is 51.8 Å². The van der Waals surface area contributed by atoms with E-state index in [0.29, 0.717) is 28.5 Å². The van der Waals surface area contributed by atoms with Crippen molar-refractivity contribution in [3.05, 3.63) is 52.5 Å². The van der Waals surface area contributed by atoms with Crippen LogP contribution in [0.2, 0.25) is 0 Å². The summed E-state index contributed by atoms with van der Waals surface area (Å²) in [5.41, 5.74) is -0.150. The Morgan fingerprint density at radius 1 is 1.06 bits per heavy atom. The highest BCUT2D eigenvalue weighted by Crippen LogP contribution is 2.41. The molecule has 0 bridgehead atoms. The van der Waals surface area contributed by atoms with Crippen LogP contribution >= 0.6 is 15.9 Å². The molecule has 2 aromatic carbocycles. The molecule has 12 heteroatoms. The molecule has 1 amide bonds. The summed E-state index contributed by atoms with van der Waals surface area (Å²) >= 11 is 3.32. The average molecular weight is 520 g/mol. The number of carbonyl (C=O) groups is 1. The first-order valence-electron chi connectivity index (χ1n) is 9.22. The van der Waals surface area contributed by atoms with E-state index in [1.54, 1.807) is 18.2 Å². The minimum atomic E-state index is -4.68. The van der Waals surface area contributed by atoms with E-state index in [9.17, 15) is 31.5 Å². The first-order valence-corrected chi connectivity index (χ1v) is 11.5. The summed E-state index contributed by atoms with van der Waals surface area (Å²) in [5.74, 6) is 0. The lowest BCUT2D eigenvalue weighted by Crippen LogP contribution is -2.61. The molecule has 0 saturated carbocycles. The number of amides is 1. The van der Waals surface area contributed by atoms with E-state index < -0.39 is 38.8 Å². The van der Waals surface area contributed by atoms with E-state index in [2.05, 4.69) is 15.9 Å². The molecule has 0 aliphatic carbocycles. The van der Waals surface area contributed by atoms with Crippen molar-refractivity contribution in [1.29, 1.82) is 0 Å². The van der Waals surface area contributed by atoms with Gasteiger partial charge in [0.15, 0.2) is 0 Å². The number of anilines is 2. The minimum absolute atomic E-state index is 0.0828. The second-order valence-electron chi connectivity index (χ2n) is 7.27. The molecule has 1 N–H and O–H groups in total. The monoisotopic (exact) mass is 519 g/mol. The third-order valence-electron chi connectivity index (χ3n) is 5.39. The van der Waals surface area contributed by atoms with E-state index in [1.165, 1.54) is 4.90 Å². The lowest BCUT2D eigenvalue weighted by molar-refractivity contribution is -0.137. The first kappa shape index (κ1) is 21.8. The van der Waals surface area contributed by atoms with Gasteiger partial charge < -0.3 is 14.9 Å². The molecule has 2 aliphatic heterocycles. The van der Waals surface area contributed by atoms with Crippen LogP contribution in [0.4, 0.5) is 29.3 Å². The first-order chi connectivity index (χ1) is 14.5. The van der Waals surface area contributed by atoms with Crippen LogP contribution in [0.3, 0.4) is 0 Å². The van der Waals surface area contributed by atoms with Crippen LogP contribution in [0.25, 0.3) is 0 Å². The highest BCUT2D eigenvalue weighted by molar-refractivity contribution is 9.10. The maximum Gasteiger partial charge on any atom is 0.416 e. The standard InChI is InChI=1S/C19H17BrF3N3O4S/c20-13-4-5-16-17(9-13)26(11-14-10-24(18(27)28)6-7-25(14)16)31(29,30)15-3-1-2-12(8-15)19(21,22)23/h1-5,8-9,14H,6-7,10-11H2,(H,27,28). The molecule has 4 rings (SSSR count). The zero-order valence-electron chi connectivity index (χ0n) is 15.9. The number of alkyl halides is 3. The van der Waals surface area contributed by atoms with Crippen molar-refractivity contribution < 1.29 is 31.5 Å². The fraction of sp³-hybridized carbons (Fsp3) is 0.316. The smallest absolute Gasteiger partial charge is 0.416 e. The molecule has 0 spiro atoms. The Hall–Kier alpha value is -2.47. The normalized spacial score (nSPS) is 19.1. The zero-order valence-corrected chi connectivity index (χ0v) is 18.3. The molecule has 0 aromatic heterocycles. The van der Waals surface area contributed by atoms with Gasteiger partial charge in [-0.05, 0) is 36.4 Å². The number of hydrogen-bond donors (Lipinski definition) is 1. The van der Waals surface area contributed by atoms with Crippen molar-refractivity contribution in [3.63, 3.8) is 0 Å². The van der Waals surface area contributed by atoms with Crippen molar-refractivity contribution >= 4 is 43.4 Å². The summed E-state index contributed by atoms with van der Waals surface area (Å²) < 4.78 is 68.0. The highest BCUT2D eigenvalue weighted by Gasteiger charge is 2.41. The molecule has 1 unspecified atom stereocenters. The Bertz CT molecular complexity index is 1140. The molecule has 31 heavy (non-hydrogen) atoms. The van der Waals surface area contributed by atoms with Gasteiger partial charge in [-0.2, -0.15) is 13.2 Å². The highest BCUT2D eigenvalue weighted by atomic mass is 79.9. The fourth-order valence-corrected chi connectivity index (χ4v) is 5.82. The minimum Gasteiger partial charge on any atom is -0.465 e. The molecule has 166 valence electrons. The number of carboxylic acid groups (broad SMARTS) is 1. The lowest BCUT2D eigenvalue weighted by atomic mass is 10.1. The third kappa shape index (κ3) is 3.93. The summed E-state index contributed by atoms with van der Waals surface area (Å²) in [6, 6.07) is 8.19. The molecule has 2 heterocycles. The molecule has 1 saturated heterocycles. The van der Waals surface area contributed by atoms with E-state index >= 15 is 0 Å². The van der Waals surface area contributed by atoms with E-state index in [4.69, 9.17) is 0 Å². The number of rotatable bonds is 2. The largest absolute Gasteiger partial charge is 0.465 e. The maximum atomic E-state index is 13.4. The average Bonchev–Trinajstić information content (AvgIpc) is 2.71. The van der Waals surface area contributed by atoms with Crippen LogP contribution in [0.5, 0.6) is 0 Å². The summed E-state index contributed by atoms with van der Waals surface area (Å²) in [7, 11) is -4.34. The summed E-state index contributed by atoms with van der Waals surface area (Å²) in [6.45, 7) is 0.635. The van der Waals surface area contributed by atoms with Gasteiger partial charge in [-0.15, -0.1) is 0 Å². The van der Waals surface area contributed by atoms with Gasteiger partial charge in [-0.3, -0.25) is 4.31 Å². The summed E-state index contributed by atoms with van der Waals surface area (Å²) in [4.78, 5) is 14.1. The van der Waals surface area contributed by atoms with Gasteiger partial charge in [0, 0.05) is 24.1 Å². The molecular weight excluding hydrogens is 503 g/mol. The SMILES string of the molecule is O=C(O)N1CCN2c3ccc(Br)cc3N(S(=O)(=O)c3cccc(C(F)(F)F)c3)CC2C1. The predicted octanol–water partition coefficient (Wildman–Crippen LogP) is 3.85. The second kappa shape index (κ2) is 7.59. The zero-order chi connectivity index (χ0) is 22.6. The van der Waals surface area contributed by atoms with Gasteiger partial charge in [-0.1, -0.05) is 22.0 Å². The maximum absolute atomic E-state index is 13.4. The van der Waals surface area contributed by atoms with Gasteiger partial charge >= 0.3 is 12.3 Å². The lowest BCUT2D eigenvalue weighted by Gasteiger charge is -2.48. The number of nitrogens with zero attached hydrogens (tertiary/aromatic N) is 3. The molecule has 0 radical (unpaired) electrons. The Balaban J connectivity index is 1.80. The van der Waals surface area contributed by atoms with Crippen LogP contribution < -0.4 is 9.21 Å². The number of hydrogen-bond acceptors (Lipinski definition) is 4. The van der Waals surface area contributed by atoms with Crippen LogP contribution in [0.1, 0.15) is 5.56 Å². The van der Waals surface area contributed by atoms with Gasteiger partial charge in [0.05, 0.1) is 34.4 Å². The molecule has 7 nitrogen and oxygen atoms in total. The van der Waals surface area contributed by atoms with Gasteiger partial charge in [0.1, 0.15) is 0 Å². The molecule has 2 aliphatic rings. The molecule has 2 aromatic rings.